The number of aliphatic hydroxyl groups is 1. The Labute approximate surface area is 90.8 Å². The van der Waals surface area contributed by atoms with Gasteiger partial charge < -0.3 is 9.84 Å². The zero-order valence-electron chi connectivity index (χ0n) is 7.84. The quantitative estimate of drug-likeness (QED) is 0.904. The van der Waals surface area contributed by atoms with Crippen LogP contribution in [0.25, 0.3) is 0 Å². The Hall–Kier alpha value is -0.450. The molecule has 0 amide bonds. The van der Waals surface area contributed by atoms with E-state index < -0.39 is 11.9 Å². The van der Waals surface area contributed by atoms with E-state index in [-0.39, 0.29) is 12.2 Å². The summed E-state index contributed by atoms with van der Waals surface area (Å²) in [6, 6.07) is 4.56. The summed E-state index contributed by atoms with van der Waals surface area (Å²) in [6.07, 6.45) is -0.900. The molecule has 0 radical (unpaired) electrons. The predicted molar refractivity (Wildman–Crippen MR) is 55.6 cm³/mol. The van der Waals surface area contributed by atoms with Crippen molar-refractivity contribution in [2.75, 3.05) is 13.2 Å². The molecule has 1 atom stereocenters. The van der Waals surface area contributed by atoms with E-state index in [1.165, 1.54) is 6.07 Å². The van der Waals surface area contributed by atoms with Crippen molar-refractivity contribution in [3.63, 3.8) is 0 Å². The molecule has 1 aromatic rings. The lowest BCUT2D eigenvalue weighted by Crippen LogP contribution is -2.08. The number of benzene rings is 1. The minimum absolute atomic E-state index is 0.120. The third-order valence-electron chi connectivity index (χ3n) is 1.80. The molecule has 1 rings (SSSR count). The molecule has 1 N–H and O–H groups in total. The monoisotopic (exact) mass is 262 g/mol. The Kier molecular flexibility index (Phi) is 4.51. The van der Waals surface area contributed by atoms with Crippen LogP contribution in [0.5, 0.6) is 0 Å². The molecular weight excluding hydrogens is 251 g/mol. The summed E-state index contributed by atoms with van der Waals surface area (Å²) < 4.78 is 18.9. The number of rotatable bonds is 4. The van der Waals surface area contributed by atoms with E-state index in [1.54, 1.807) is 12.1 Å². The van der Waals surface area contributed by atoms with Crippen molar-refractivity contribution in [3.8, 4) is 0 Å². The van der Waals surface area contributed by atoms with Gasteiger partial charge in [0.15, 0.2) is 0 Å². The van der Waals surface area contributed by atoms with Crippen LogP contribution in [0, 0.1) is 5.82 Å². The fourth-order valence-electron chi connectivity index (χ4n) is 1.09. The van der Waals surface area contributed by atoms with Crippen LogP contribution in [0.4, 0.5) is 4.39 Å². The van der Waals surface area contributed by atoms with Gasteiger partial charge in [0, 0.05) is 16.6 Å². The normalized spacial score (nSPS) is 12.9. The molecule has 14 heavy (non-hydrogen) atoms. The maximum absolute atomic E-state index is 13.3. The molecule has 2 nitrogen and oxygen atoms in total. The van der Waals surface area contributed by atoms with Crippen LogP contribution in [-0.2, 0) is 4.74 Å². The molecule has 0 fully saturated rings. The molecule has 0 aliphatic rings. The van der Waals surface area contributed by atoms with Crippen LogP contribution in [-0.4, -0.2) is 18.3 Å². The molecule has 0 spiro atoms. The fourth-order valence-corrected chi connectivity index (χ4v) is 1.42. The molecule has 4 heteroatoms. The van der Waals surface area contributed by atoms with Crippen molar-refractivity contribution >= 4 is 15.9 Å². The Morgan fingerprint density at radius 1 is 1.57 bits per heavy atom. The van der Waals surface area contributed by atoms with Gasteiger partial charge in [-0.1, -0.05) is 22.0 Å². The third kappa shape index (κ3) is 3.04. The molecule has 78 valence electrons. The summed E-state index contributed by atoms with van der Waals surface area (Å²) in [7, 11) is 0. The van der Waals surface area contributed by atoms with Crippen LogP contribution >= 0.6 is 15.9 Å². The number of halogens is 2. The van der Waals surface area contributed by atoms with Crippen LogP contribution in [0.3, 0.4) is 0 Å². The summed E-state index contributed by atoms with van der Waals surface area (Å²) in [5.74, 6) is -0.424. The van der Waals surface area contributed by atoms with Crippen molar-refractivity contribution in [1.82, 2.24) is 0 Å². The highest BCUT2D eigenvalue weighted by Gasteiger charge is 2.12. The lowest BCUT2D eigenvalue weighted by Gasteiger charge is -2.11. The number of hydrogen-bond acceptors (Lipinski definition) is 2. The fraction of sp³-hybridized carbons (Fsp3) is 0.400. The van der Waals surface area contributed by atoms with Gasteiger partial charge in [0.2, 0.25) is 0 Å². The highest BCUT2D eigenvalue weighted by Crippen LogP contribution is 2.21. The van der Waals surface area contributed by atoms with Crippen molar-refractivity contribution in [2.45, 2.75) is 13.0 Å². The second-order valence-electron chi connectivity index (χ2n) is 2.84. The molecule has 0 aliphatic heterocycles. The summed E-state index contributed by atoms with van der Waals surface area (Å²) in [6.45, 7) is 2.45. The van der Waals surface area contributed by atoms with Gasteiger partial charge in [0.1, 0.15) is 11.9 Å². The summed E-state index contributed by atoms with van der Waals surface area (Å²) >= 11 is 3.15. The lowest BCUT2D eigenvalue weighted by atomic mass is 10.1. The van der Waals surface area contributed by atoms with Crippen LogP contribution in [0.1, 0.15) is 18.6 Å². The average molecular weight is 263 g/mol. The van der Waals surface area contributed by atoms with E-state index in [2.05, 4.69) is 15.9 Å². The van der Waals surface area contributed by atoms with Gasteiger partial charge in [-0.25, -0.2) is 4.39 Å². The zero-order chi connectivity index (χ0) is 10.6. The first-order chi connectivity index (χ1) is 6.65. The Bertz CT molecular complexity index is 304. The van der Waals surface area contributed by atoms with Crippen molar-refractivity contribution in [2.24, 2.45) is 0 Å². The minimum atomic E-state index is -0.900. The Morgan fingerprint density at radius 3 is 2.86 bits per heavy atom. The van der Waals surface area contributed by atoms with Gasteiger partial charge in [0.05, 0.1) is 6.61 Å². The maximum atomic E-state index is 13.3. The summed E-state index contributed by atoms with van der Waals surface area (Å²) in [5, 5.41) is 9.54. The predicted octanol–water partition coefficient (Wildman–Crippen LogP) is 2.66. The summed E-state index contributed by atoms with van der Waals surface area (Å²) in [5.41, 5.74) is 0.265. The van der Waals surface area contributed by atoms with Crippen molar-refractivity contribution in [1.29, 1.82) is 0 Å². The molecule has 0 saturated carbocycles. The first-order valence-corrected chi connectivity index (χ1v) is 5.15. The van der Waals surface area contributed by atoms with Gasteiger partial charge >= 0.3 is 0 Å². The van der Waals surface area contributed by atoms with Crippen molar-refractivity contribution < 1.29 is 14.2 Å². The van der Waals surface area contributed by atoms with E-state index in [0.717, 1.165) is 0 Å². The molecule has 0 aliphatic carbocycles. The first-order valence-electron chi connectivity index (χ1n) is 4.36. The van der Waals surface area contributed by atoms with E-state index in [4.69, 9.17) is 4.74 Å². The molecular formula is C10H12BrFO2. The van der Waals surface area contributed by atoms with Gasteiger partial charge in [-0.2, -0.15) is 0 Å². The SMILES string of the molecule is CCOCC(O)c1ccc(Br)cc1F. The number of ether oxygens (including phenoxy) is 1. The van der Waals surface area contributed by atoms with Crippen LogP contribution in [0.15, 0.2) is 22.7 Å². The summed E-state index contributed by atoms with van der Waals surface area (Å²) in [4.78, 5) is 0. The Balaban J connectivity index is 2.74. The second-order valence-corrected chi connectivity index (χ2v) is 3.76. The topological polar surface area (TPSA) is 29.5 Å². The van der Waals surface area contributed by atoms with Crippen molar-refractivity contribution in [3.05, 3.63) is 34.1 Å². The minimum Gasteiger partial charge on any atom is -0.386 e. The number of aliphatic hydroxyl groups excluding tert-OH is 1. The highest BCUT2D eigenvalue weighted by molar-refractivity contribution is 9.10. The lowest BCUT2D eigenvalue weighted by molar-refractivity contribution is 0.0401. The standard InChI is InChI=1S/C10H12BrFO2/c1-2-14-6-10(13)8-4-3-7(11)5-9(8)12/h3-5,10,13H,2,6H2,1H3. The molecule has 1 aromatic carbocycles. The van der Waals surface area contributed by atoms with E-state index >= 15 is 0 Å². The van der Waals surface area contributed by atoms with Gasteiger partial charge in [0.25, 0.3) is 0 Å². The maximum Gasteiger partial charge on any atom is 0.130 e. The largest absolute Gasteiger partial charge is 0.386 e. The molecule has 0 bridgehead atoms. The van der Waals surface area contributed by atoms with E-state index in [0.29, 0.717) is 11.1 Å². The zero-order valence-corrected chi connectivity index (χ0v) is 9.42. The van der Waals surface area contributed by atoms with Gasteiger partial charge in [-0.05, 0) is 19.1 Å². The third-order valence-corrected chi connectivity index (χ3v) is 2.29. The van der Waals surface area contributed by atoms with E-state index in [9.17, 15) is 9.50 Å². The molecule has 0 saturated heterocycles. The molecule has 1 unspecified atom stereocenters. The smallest absolute Gasteiger partial charge is 0.130 e. The average Bonchev–Trinajstić information content (AvgIpc) is 2.14. The van der Waals surface area contributed by atoms with Gasteiger partial charge in [-0.15, -0.1) is 0 Å². The van der Waals surface area contributed by atoms with Crippen LogP contribution in [0.2, 0.25) is 0 Å². The Morgan fingerprint density at radius 2 is 2.29 bits per heavy atom. The van der Waals surface area contributed by atoms with Gasteiger partial charge in [-0.3, -0.25) is 0 Å². The highest BCUT2D eigenvalue weighted by atomic mass is 79.9. The second kappa shape index (κ2) is 5.44. The van der Waals surface area contributed by atoms with E-state index in [1.807, 2.05) is 6.92 Å². The number of hydrogen-bond donors (Lipinski definition) is 1. The van der Waals surface area contributed by atoms with Crippen LogP contribution < -0.4 is 0 Å². The first kappa shape index (κ1) is 11.6. The molecule has 0 heterocycles. The molecule has 0 aromatic heterocycles.